The third kappa shape index (κ3) is 6.95. The maximum atomic E-state index is 11.9. The van der Waals surface area contributed by atoms with Crippen LogP contribution in [0.2, 0.25) is 0 Å². The molecular formula is C14H22N2O6S2. The summed E-state index contributed by atoms with van der Waals surface area (Å²) in [5, 5.41) is 19.0. The standard InChI is InChI=1S/C12H20N2O2S2.C2H2O4/c1-2-9-18(15,16)14-6-4-13(5-7-14)10-12-3-8-17-11-12;3-1(4)2(5)6/h3,8,11H,2,4-7,9-10H2,1H3;(H,3,4)(H,5,6). The number of aliphatic carboxylic acids is 2. The number of sulfonamides is 1. The van der Waals surface area contributed by atoms with Crippen LogP contribution in [0, 0.1) is 0 Å². The predicted octanol–water partition coefficient (Wildman–Crippen LogP) is 0.761. The number of rotatable bonds is 5. The van der Waals surface area contributed by atoms with E-state index in [0.29, 0.717) is 19.5 Å². The fraction of sp³-hybridized carbons (Fsp3) is 0.571. The van der Waals surface area contributed by atoms with Gasteiger partial charge in [-0.3, -0.25) is 4.90 Å². The minimum Gasteiger partial charge on any atom is -0.473 e. The normalized spacial score (nSPS) is 16.2. The first-order valence-electron chi connectivity index (χ1n) is 7.43. The van der Waals surface area contributed by atoms with Crippen LogP contribution >= 0.6 is 11.3 Å². The van der Waals surface area contributed by atoms with Crippen LogP contribution in [0.15, 0.2) is 16.8 Å². The van der Waals surface area contributed by atoms with E-state index in [1.807, 2.05) is 6.92 Å². The Morgan fingerprint density at radius 3 is 2.17 bits per heavy atom. The van der Waals surface area contributed by atoms with E-state index in [2.05, 4.69) is 21.7 Å². The number of carboxylic acids is 2. The molecule has 1 aliphatic heterocycles. The SMILES string of the molecule is CCCS(=O)(=O)N1CCN(Cc2ccsc2)CC1.O=C(O)C(=O)O. The zero-order chi connectivity index (χ0) is 18.2. The number of nitrogens with zero attached hydrogens (tertiary/aromatic N) is 2. The third-order valence-electron chi connectivity index (χ3n) is 3.36. The minimum absolute atomic E-state index is 0.275. The fourth-order valence-corrected chi connectivity index (χ4v) is 4.35. The molecule has 0 aliphatic carbocycles. The highest BCUT2D eigenvalue weighted by atomic mass is 32.2. The Labute approximate surface area is 145 Å². The summed E-state index contributed by atoms with van der Waals surface area (Å²) in [6, 6.07) is 2.13. The monoisotopic (exact) mass is 378 g/mol. The largest absolute Gasteiger partial charge is 0.473 e. The van der Waals surface area contributed by atoms with E-state index in [1.54, 1.807) is 15.6 Å². The van der Waals surface area contributed by atoms with Gasteiger partial charge in [-0.25, -0.2) is 18.0 Å². The topological polar surface area (TPSA) is 115 Å². The maximum absolute atomic E-state index is 11.9. The highest BCUT2D eigenvalue weighted by molar-refractivity contribution is 7.89. The van der Waals surface area contributed by atoms with Crippen molar-refractivity contribution in [3.63, 3.8) is 0 Å². The highest BCUT2D eigenvalue weighted by Gasteiger charge is 2.25. The smallest absolute Gasteiger partial charge is 0.414 e. The van der Waals surface area contributed by atoms with Gasteiger partial charge < -0.3 is 10.2 Å². The van der Waals surface area contributed by atoms with Crippen LogP contribution in [0.3, 0.4) is 0 Å². The molecule has 2 N–H and O–H groups in total. The Balaban J connectivity index is 0.000000413. The number of carboxylic acid groups (broad SMARTS) is 2. The van der Waals surface area contributed by atoms with Crippen LogP contribution in [0.4, 0.5) is 0 Å². The number of hydrogen-bond acceptors (Lipinski definition) is 6. The molecule has 10 heteroatoms. The highest BCUT2D eigenvalue weighted by Crippen LogP contribution is 2.13. The van der Waals surface area contributed by atoms with Crippen molar-refractivity contribution in [3.8, 4) is 0 Å². The zero-order valence-electron chi connectivity index (χ0n) is 13.4. The predicted molar refractivity (Wildman–Crippen MR) is 90.5 cm³/mol. The summed E-state index contributed by atoms with van der Waals surface area (Å²) in [5.41, 5.74) is 1.32. The van der Waals surface area contributed by atoms with Gasteiger partial charge in [-0.05, 0) is 28.8 Å². The first kappa shape index (κ1) is 20.6. The second kappa shape index (κ2) is 9.72. The van der Waals surface area contributed by atoms with Gasteiger partial charge >= 0.3 is 11.9 Å². The summed E-state index contributed by atoms with van der Waals surface area (Å²) >= 11 is 1.71. The summed E-state index contributed by atoms with van der Waals surface area (Å²) < 4.78 is 25.5. The van der Waals surface area contributed by atoms with Gasteiger partial charge in [0.1, 0.15) is 0 Å². The minimum atomic E-state index is -3.01. The van der Waals surface area contributed by atoms with E-state index in [1.165, 1.54) is 5.56 Å². The molecule has 1 saturated heterocycles. The molecule has 0 bridgehead atoms. The molecule has 1 aliphatic rings. The second-order valence-corrected chi connectivity index (χ2v) is 8.10. The molecule has 2 rings (SSSR count). The van der Waals surface area contributed by atoms with E-state index in [9.17, 15) is 8.42 Å². The van der Waals surface area contributed by atoms with E-state index in [-0.39, 0.29) is 5.75 Å². The van der Waals surface area contributed by atoms with E-state index < -0.39 is 22.0 Å². The average Bonchev–Trinajstić information content (AvgIpc) is 3.01. The maximum Gasteiger partial charge on any atom is 0.414 e. The molecule has 8 nitrogen and oxygen atoms in total. The molecule has 0 spiro atoms. The van der Waals surface area contributed by atoms with Crippen LogP contribution in [0.25, 0.3) is 0 Å². The Morgan fingerprint density at radius 2 is 1.75 bits per heavy atom. The summed E-state index contributed by atoms with van der Waals surface area (Å²) in [6.45, 7) is 5.77. The quantitative estimate of drug-likeness (QED) is 0.727. The van der Waals surface area contributed by atoms with Crippen LogP contribution in [0.5, 0.6) is 0 Å². The molecule has 1 fully saturated rings. The molecule has 0 saturated carbocycles. The van der Waals surface area contributed by atoms with Crippen molar-refractivity contribution in [3.05, 3.63) is 22.4 Å². The van der Waals surface area contributed by atoms with Gasteiger partial charge in [-0.15, -0.1) is 0 Å². The lowest BCUT2D eigenvalue weighted by atomic mass is 10.3. The van der Waals surface area contributed by atoms with Gasteiger partial charge in [-0.1, -0.05) is 6.92 Å². The Kier molecular flexibility index (Phi) is 8.32. The summed E-state index contributed by atoms with van der Waals surface area (Å²) in [5.74, 6) is -3.37. The first-order valence-corrected chi connectivity index (χ1v) is 9.99. The van der Waals surface area contributed by atoms with Crippen molar-refractivity contribution in [2.75, 3.05) is 31.9 Å². The lowest BCUT2D eigenvalue weighted by Gasteiger charge is -2.33. The molecule has 24 heavy (non-hydrogen) atoms. The Morgan fingerprint density at radius 1 is 1.17 bits per heavy atom. The molecule has 0 atom stereocenters. The molecule has 0 radical (unpaired) electrons. The number of piperazine rings is 1. The lowest BCUT2D eigenvalue weighted by molar-refractivity contribution is -0.159. The van der Waals surface area contributed by atoms with Crippen molar-refractivity contribution in [1.82, 2.24) is 9.21 Å². The van der Waals surface area contributed by atoms with Crippen molar-refractivity contribution in [2.45, 2.75) is 19.9 Å². The molecule has 0 amide bonds. The Bertz CT molecular complexity index is 610. The Hall–Kier alpha value is -1.49. The zero-order valence-corrected chi connectivity index (χ0v) is 15.1. The van der Waals surface area contributed by atoms with Gasteiger partial charge in [0.15, 0.2) is 0 Å². The van der Waals surface area contributed by atoms with Crippen molar-refractivity contribution in [2.24, 2.45) is 0 Å². The molecule has 0 aromatic carbocycles. The summed E-state index contributed by atoms with van der Waals surface area (Å²) in [6.07, 6.45) is 0.692. The van der Waals surface area contributed by atoms with Crippen LogP contribution in [-0.2, 0) is 26.2 Å². The summed E-state index contributed by atoms with van der Waals surface area (Å²) in [4.78, 5) is 20.5. The molecule has 136 valence electrons. The van der Waals surface area contributed by atoms with Gasteiger partial charge in [0.25, 0.3) is 0 Å². The molecule has 1 aromatic rings. The number of thiophene rings is 1. The molecular weight excluding hydrogens is 356 g/mol. The van der Waals surface area contributed by atoms with Gasteiger partial charge in [0, 0.05) is 32.7 Å². The van der Waals surface area contributed by atoms with Gasteiger partial charge in [-0.2, -0.15) is 15.6 Å². The second-order valence-electron chi connectivity index (χ2n) is 5.23. The lowest BCUT2D eigenvalue weighted by Crippen LogP contribution is -2.48. The van der Waals surface area contributed by atoms with Gasteiger partial charge in [0.2, 0.25) is 10.0 Å². The van der Waals surface area contributed by atoms with Crippen LogP contribution < -0.4 is 0 Å². The number of hydrogen-bond donors (Lipinski definition) is 2. The molecule has 2 heterocycles. The summed E-state index contributed by atoms with van der Waals surface area (Å²) in [7, 11) is -3.01. The van der Waals surface area contributed by atoms with Crippen molar-refractivity contribution < 1.29 is 28.2 Å². The first-order chi connectivity index (χ1) is 11.3. The average molecular weight is 378 g/mol. The molecule has 1 aromatic heterocycles. The van der Waals surface area contributed by atoms with Crippen LogP contribution in [-0.4, -0.2) is 71.7 Å². The van der Waals surface area contributed by atoms with E-state index in [0.717, 1.165) is 19.6 Å². The van der Waals surface area contributed by atoms with E-state index >= 15 is 0 Å². The molecule has 0 unspecified atom stereocenters. The third-order valence-corrected chi connectivity index (χ3v) is 6.16. The van der Waals surface area contributed by atoms with E-state index in [4.69, 9.17) is 19.8 Å². The van der Waals surface area contributed by atoms with Crippen LogP contribution in [0.1, 0.15) is 18.9 Å². The van der Waals surface area contributed by atoms with Crippen molar-refractivity contribution in [1.29, 1.82) is 0 Å². The van der Waals surface area contributed by atoms with Crippen molar-refractivity contribution >= 4 is 33.3 Å². The number of carbonyl (C=O) groups is 2. The fourth-order valence-electron chi connectivity index (χ4n) is 2.19. The van der Waals surface area contributed by atoms with Gasteiger partial charge in [0.05, 0.1) is 5.75 Å².